The van der Waals surface area contributed by atoms with E-state index in [1.54, 1.807) is 72.8 Å². The van der Waals surface area contributed by atoms with Crippen LogP contribution in [0.1, 0.15) is 22.3 Å². The number of carbonyl (C=O) groups is 2. The molecule has 222 valence electrons. The van der Waals surface area contributed by atoms with E-state index in [0.717, 1.165) is 21.0 Å². The Morgan fingerprint density at radius 1 is 0.907 bits per heavy atom. The Morgan fingerprint density at radius 2 is 1.60 bits per heavy atom. The summed E-state index contributed by atoms with van der Waals surface area (Å²) in [7, 11) is -4.05. The first-order valence-electron chi connectivity index (χ1n) is 13.3. The maximum Gasteiger partial charge on any atom is 0.264 e. The van der Waals surface area contributed by atoms with Crippen LogP contribution in [0.3, 0.4) is 0 Å². The first kappa shape index (κ1) is 31.3. The number of carbonyl (C=O) groups excluding carboxylic acids is 2. The van der Waals surface area contributed by atoms with Crippen LogP contribution in [0.2, 0.25) is 5.02 Å². The number of anilines is 2. The lowest BCUT2D eigenvalue weighted by Gasteiger charge is -2.26. The molecule has 0 saturated heterocycles. The number of amides is 2. The average molecular weight is 619 g/mol. The average Bonchev–Trinajstić information content (AvgIpc) is 2.97. The van der Waals surface area contributed by atoms with E-state index < -0.39 is 22.5 Å². The maximum absolute atomic E-state index is 13.6. The van der Waals surface area contributed by atoms with Gasteiger partial charge in [0.25, 0.3) is 21.8 Å². The second-order valence-electron chi connectivity index (χ2n) is 9.75. The van der Waals surface area contributed by atoms with Crippen LogP contribution in [0.15, 0.2) is 101 Å². The number of hydrazone groups is 1. The molecule has 0 aromatic heterocycles. The Bertz CT molecular complexity index is 1740. The van der Waals surface area contributed by atoms with Crippen LogP contribution in [0.5, 0.6) is 5.75 Å². The molecular formula is C32H31ClN4O5S. The number of sulfonamides is 1. The molecule has 4 aromatic rings. The highest BCUT2D eigenvalue weighted by Gasteiger charge is 2.28. The molecule has 9 nitrogen and oxygen atoms in total. The molecule has 0 atom stereocenters. The molecular weight excluding hydrogens is 588 g/mol. The summed E-state index contributed by atoms with van der Waals surface area (Å²) in [6.45, 7) is 4.90. The van der Waals surface area contributed by atoms with Gasteiger partial charge < -0.3 is 10.1 Å². The van der Waals surface area contributed by atoms with E-state index in [4.69, 9.17) is 16.3 Å². The lowest BCUT2D eigenvalue weighted by atomic mass is 10.1. The van der Waals surface area contributed by atoms with Crippen molar-refractivity contribution in [1.29, 1.82) is 0 Å². The van der Waals surface area contributed by atoms with Crippen molar-refractivity contribution in [2.24, 2.45) is 5.10 Å². The lowest BCUT2D eigenvalue weighted by Crippen LogP contribution is -2.40. The van der Waals surface area contributed by atoms with Crippen LogP contribution < -0.4 is 19.8 Å². The van der Waals surface area contributed by atoms with Gasteiger partial charge in [0.1, 0.15) is 12.3 Å². The van der Waals surface area contributed by atoms with Gasteiger partial charge in [-0.15, -0.1) is 0 Å². The Kier molecular flexibility index (Phi) is 10.2. The SMILES string of the molecule is Cc1ccc(S(=O)(=O)N(CC(=O)N/N=C\c2ccc(OCC(=O)Nc3cccc(Cl)c3)cc2)c2cccc(C)c2C)cc1. The monoisotopic (exact) mass is 618 g/mol. The van der Waals surface area contributed by atoms with E-state index in [0.29, 0.717) is 27.7 Å². The third kappa shape index (κ3) is 8.43. The molecule has 0 aliphatic heterocycles. The fraction of sp³-hybridized carbons (Fsp3) is 0.156. The number of halogens is 1. The van der Waals surface area contributed by atoms with Crippen molar-refractivity contribution in [2.75, 3.05) is 22.8 Å². The molecule has 2 amide bonds. The quantitative estimate of drug-likeness (QED) is 0.167. The van der Waals surface area contributed by atoms with Crippen LogP contribution >= 0.6 is 11.6 Å². The molecule has 0 spiro atoms. The van der Waals surface area contributed by atoms with E-state index in [9.17, 15) is 18.0 Å². The zero-order valence-electron chi connectivity index (χ0n) is 23.9. The predicted octanol–water partition coefficient (Wildman–Crippen LogP) is 5.63. The van der Waals surface area contributed by atoms with Gasteiger partial charge in [-0.2, -0.15) is 5.10 Å². The van der Waals surface area contributed by atoms with Gasteiger partial charge in [0.2, 0.25) is 0 Å². The zero-order chi connectivity index (χ0) is 31.0. The van der Waals surface area contributed by atoms with Gasteiger partial charge in [-0.25, -0.2) is 13.8 Å². The third-order valence-electron chi connectivity index (χ3n) is 6.50. The van der Waals surface area contributed by atoms with Gasteiger partial charge in [0.15, 0.2) is 6.61 Å². The van der Waals surface area contributed by atoms with Crippen molar-refractivity contribution < 1.29 is 22.7 Å². The van der Waals surface area contributed by atoms with Gasteiger partial charge in [0, 0.05) is 10.7 Å². The summed E-state index contributed by atoms with van der Waals surface area (Å²) in [4.78, 5) is 25.1. The van der Waals surface area contributed by atoms with Crippen molar-refractivity contribution in [3.63, 3.8) is 0 Å². The largest absolute Gasteiger partial charge is 0.484 e. The smallest absolute Gasteiger partial charge is 0.264 e. The van der Waals surface area contributed by atoms with E-state index in [2.05, 4.69) is 15.8 Å². The van der Waals surface area contributed by atoms with Gasteiger partial charge >= 0.3 is 0 Å². The minimum absolute atomic E-state index is 0.0829. The standard InChI is InChI=1S/C32H31ClN4O5S/c1-22-10-16-29(17-11-22)43(40,41)37(30-9-4-6-23(2)24(30)3)20-31(38)36-34-19-25-12-14-28(15-13-25)42-21-32(39)35-27-8-5-7-26(33)18-27/h4-19H,20-21H2,1-3H3,(H,35,39)(H,36,38)/b34-19-. The van der Waals surface area contributed by atoms with Gasteiger partial charge in [0.05, 0.1) is 16.8 Å². The molecule has 4 rings (SSSR count). The lowest BCUT2D eigenvalue weighted by molar-refractivity contribution is -0.119. The zero-order valence-corrected chi connectivity index (χ0v) is 25.4. The number of hydrogen-bond acceptors (Lipinski definition) is 6. The Morgan fingerprint density at radius 3 is 2.30 bits per heavy atom. The third-order valence-corrected chi connectivity index (χ3v) is 8.51. The molecule has 4 aromatic carbocycles. The minimum atomic E-state index is -4.05. The highest BCUT2D eigenvalue weighted by atomic mass is 35.5. The fourth-order valence-electron chi connectivity index (χ4n) is 4.05. The van der Waals surface area contributed by atoms with Gasteiger partial charge in [-0.05, 0) is 98.1 Å². The normalized spacial score (nSPS) is 11.3. The molecule has 0 radical (unpaired) electrons. The molecule has 43 heavy (non-hydrogen) atoms. The second-order valence-corrected chi connectivity index (χ2v) is 12.1. The van der Waals surface area contributed by atoms with Crippen LogP contribution in [0, 0.1) is 20.8 Å². The Labute approximate surface area is 256 Å². The number of ether oxygens (including phenoxy) is 1. The van der Waals surface area contributed by atoms with Crippen molar-refractivity contribution in [2.45, 2.75) is 25.7 Å². The van der Waals surface area contributed by atoms with Crippen molar-refractivity contribution in [1.82, 2.24) is 5.43 Å². The van der Waals surface area contributed by atoms with Gasteiger partial charge in [-0.1, -0.05) is 47.5 Å². The molecule has 0 aliphatic carbocycles. The van der Waals surface area contributed by atoms with E-state index in [1.807, 2.05) is 26.8 Å². The first-order valence-corrected chi connectivity index (χ1v) is 15.1. The fourth-order valence-corrected chi connectivity index (χ4v) is 5.72. The maximum atomic E-state index is 13.6. The number of nitrogens with one attached hydrogen (secondary N) is 2. The number of benzene rings is 4. The Balaban J connectivity index is 1.38. The molecule has 11 heteroatoms. The number of hydrogen-bond donors (Lipinski definition) is 2. The summed E-state index contributed by atoms with van der Waals surface area (Å²) in [6, 6.07) is 25.3. The van der Waals surface area contributed by atoms with Crippen molar-refractivity contribution in [3.05, 3.63) is 118 Å². The molecule has 2 N–H and O–H groups in total. The summed E-state index contributed by atoms with van der Waals surface area (Å²) in [5.74, 6) is -0.485. The van der Waals surface area contributed by atoms with Crippen molar-refractivity contribution in [3.8, 4) is 5.75 Å². The van der Waals surface area contributed by atoms with Gasteiger partial charge in [-0.3, -0.25) is 13.9 Å². The van der Waals surface area contributed by atoms with Crippen molar-refractivity contribution >= 4 is 51.0 Å². The van der Waals surface area contributed by atoms with Crippen LogP contribution in [0.25, 0.3) is 0 Å². The molecule has 0 unspecified atom stereocenters. The highest BCUT2D eigenvalue weighted by Crippen LogP contribution is 2.28. The summed E-state index contributed by atoms with van der Waals surface area (Å²) < 4.78 is 33.9. The molecule has 0 saturated carbocycles. The number of rotatable bonds is 11. The number of aryl methyl sites for hydroxylation is 2. The summed E-state index contributed by atoms with van der Waals surface area (Å²) in [6.07, 6.45) is 1.42. The van der Waals surface area contributed by atoms with E-state index in [1.165, 1.54) is 18.3 Å². The van der Waals surface area contributed by atoms with Crippen LogP contribution in [-0.2, 0) is 19.6 Å². The summed E-state index contributed by atoms with van der Waals surface area (Å²) >= 11 is 5.93. The first-order chi connectivity index (χ1) is 20.5. The van der Waals surface area contributed by atoms with E-state index >= 15 is 0 Å². The molecule has 0 bridgehead atoms. The molecule has 0 heterocycles. The topological polar surface area (TPSA) is 117 Å². The highest BCUT2D eigenvalue weighted by molar-refractivity contribution is 7.92. The van der Waals surface area contributed by atoms with Crippen LogP contribution in [0.4, 0.5) is 11.4 Å². The second kappa shape index (κ2) is 14.0. The number of nitrogens with zero attached hydrogens (tertiary/aromatic N) is 2. The van der Waals surface area contributed by atoms with E-state index in [-0.39, 0.29) is 17.4 Å². The Hall–Kier alpha value is -4.67. The van der Waals surface area contributed by atoms with Crippen LogP contribution in [-0.4, -0.2) is 39.6 Å². The minimum Gasteiger partial charge on any atom is -0.484 e. The summed E-state index contributed by atoms with van der Waals surface area (Å²) in [5, 5.41) is 7.21. The summed E-state index contributed by atoms with van der Waals surface area (Å²) in [5.41, 5.74) is 6.61. The molecule has 0 aliphatic rings. The predicted molar refractivity (Wildman–Crippen MR) is 169 cm³/mol. The molecule has 0 fully saturated rings.